The van der Waals surface area contributed by atoms with Gasteiger partial charge in [-0.05, 0) is 37.3 Å². The molecule has 5 heteroatoms. The second-order valence-corrected chi connectivity index (χ2v) is 4.88. The number of benzene rings is 2. The smallest absolute Gasteiger partial charge is 0.338 e. The van der Waals surface area contributed by atoms with E-state index < -0.39 is 11.8 Å². The summed E-state index contributed by atoms with van der Waals surface area (Å²) >= 11 is 11.9. The van der Waals surface area contributed by atoms with Crippen LogP contribution in [0.25, 0.3) is 11.1 Å². The van der Waals surface area contributed by atoms with Crippen LogP contribution in [0.3, 0.4) is 0 Å². The van der Waals surface area contributed by atoms with Crippen molar-refractivity contribution in [3.63, 3.8) is 0 Å². The van der Waals surface area contributed by atoms with Crippen LogP contribution in [0.4, 0.5) is 4.39 Å². The largest absolute Gasteiger partial charge is 0.462 e. The Balaban J connectivity index is 2.59. The molecule has 0 N–H and O–H groups in total. The third-order valence-electron chi connectivity index (χ3n) is 2.70. The topological polar surface area (TPSA) is 26.3 Å². The molecule has 2 nitrogen and oxygen atoms in total. The van der Waals surface area contributed by atoms with E-state index in [4.69, 9.17) is 27.9 Å². The molecule has 0 aliphatic rings. The fraction of sp³-hybridized carbons (Fsp3) is 0.133. The Kier molecular flexibility index (Phi) is 4.63. The van der Waals surface area contributed by atoms with Gasteiger partial charge in [-0.1, -0.05) is 29.3 Å². The van der Waals surface area contributed by atoms with E-state index in [0.717, 1.165) is 0 Å². The number of carbonyl (C=O) groups excluding carboxylic acids is 1. The lowest BCUT2D eigenvalue weighted by molar-refractivity contribution is 0.0527. The summed E-state index contributed by atoms with van der Waals surface area (Å²) in [5.41, 5.74) is 1.17. The van der Waals surface area contributed by atoms with Gasteiger partial charge in [0.2, 0.25) is 0 Å². The Morgan fingerprint density at radius 1 is 1.15 bits per heavy atom. The van der Waals surface area contributed by atoms with Gasteiger partial charge in [-0.15, -0.1) is 0 Å². The summed E-state index contributed by atoms with van der Waals surface area (Å²) in [6, 6.07) is 8.65. The molecule has 0 saturated carbocycles. The number of carbonyl (C=O) groups is 1. The lowest BCUT2D eigenvalue weighted by Crippen LogP contribution is -2.07. The van der Waals surface area contributed by atoms with Crippen LogP contribution in [0.2, 0.25) is 10.0 Å². The molecule has 0 amide bonds. The minimum Gasteiger partial charge on any atom is -0.462 e. The highest BCUT2D eigenvalue weighted by Gasteiger charge is 2.16. The zero-order valence-corrected chi connectivity index (χ0v) is 12.1. The quantitative estimate of drug-likeness (QED) is 0.747. The van der Waals surface area contributed by atoms with Crippen LogP contribution in [0.5, 0.6) is 0 Å². The third-order valence-corrected chi connectivity index (χ3v) is 3.25. The first-order valence-electron chi connectivity index (χ1n) is 5.95. The molecule has 0 aliphatic heterocycles. The lowest BCUT2D eigenvalue weighted by atomic mass is 9.99. The molecule has 0 fully saturated rings. The Hall–Kier alpha value is -1.58. The Bertz CT molecular complexity index is 656. The van der Waals surface area contributed by atoms with Crippen molar-refractivity contribution in [1.82, 2.24) is 0 Å². The molecule has 20 heavy (non-hydrogen) atoms. The molecule has 0 bridgehead atoms. The maximum absolute atomic E-state index is 13.5. The van der Waals surface area contributed by atoms with Crippen molar-refractivity contribution < 1.29 is 13.9 Å². The normalized spacial score (nSPS) is 10.4. The number of ether oxygens (including phenoxy) is 1. The van der Waals surface area contributed by atoms with Crippen molar-refractivity contribution >= 4 is 29.2 Å². The minimum absolute atomic E-state index is 0.240. The predicted molar refractivity (Wildman–Crippen MR) is 77.8 cm³/mol. The van der Waals surface area contributed by atoms with Gasteiger partial charge in [-0.25, -0.2) is 9.18 Å². The number of esters is 1. The Labute approximate surface area is 126 Å². The third kappa shape index (κ3) is 3.11. The van der Waals surface area contributed by atoms with E-state index in [0.29, 0.717) is 21.2 Å². The molecule has 2 aromatic carbocycles. The van der Waals surface area contributed by atoms with Gasteiger partial charge in [0.05, 0.1) is 12.2 Å². The zero-order chi connectivity index (χ0) is 14.7. The van der Waals surface area contributed by atoms with Crippen LogP contribution in [0.15, 0.2) is 36.4 Å². The number of hydrogen-bond acceptors (Lipinski definition) is 2. The van der Waals surface area contributed by atoms with E-state index in [1.54, 1.807) is 19.1 Å². The first-order chi connectivity index (χ1) is 9.52. The Morgan fingerprint density at radius 3 is 2.55 bits per heavy atom. The lowest BCUT2D eigenvalue weighted by Gasteiger charge is -2.11. The second kappa shape index (κ2) is 6.25. The van der Waals surface area contributed by atoms with Crippen LogP contribution >= 0.6 is 23.2 Å². The van der Waals surface area contributed by atoms with Gasteiger partial charge in [0, 0.05) is 21.2 Å². The van der Waals surface area contributed by atoms with Crippen LogP contribution in [-0.4, -0.2) is 12.6 Å². The van der Waals surface area contributed by atoms with Crippen molar-refractivity contribution in [3.05, 3.63) is 57.8 Å². The number of rotatable bonds is 3. The van der Waals surface area contributed by atoms with E-state index in [1.165, 1.54) is 24.3 Å². The Morgan fingerprint density at radius 2 is 1.90 bits per heavy atom. The molecule has 0 atom stereocenters. The van der Waals surface area contributed by atoms with Gasteiger partial charge in [0.1, 0.15) is 5.82 Å². The average molecular weight is 313 g/mol. The first kappa shape index (κ1) is 14.8. The fourth-order valence-electron chi connectivity index (χ4n) is 1.83. The summed E-state index contributed by atoms with van der Waals surface area (Å²) in [5.74, 6) is -0.979. The molecule has 2 rings (SSSR count). The van der Waals surface area contributed by atoms with Crippen molar-refractivity contribution in [2.75, 3.05) is 6.61 Å². The second-order valence-electron chi connectivity index (χ2n) is 4.03. The monoisotopic (exact) mass is 312 g/mol. The maximum atomic E-state index is 13.5. The highest BCUT2D eigenvalue weighted by atomic mass is 35.5. The van der Waals surface area contributed by atoms with Gasteiger partial charge < -0.3 is 4.74 Å². The van der Waals surface area contributed by atoms with Crippen LogP contribution in [0.1, 0.15) is 17.3 Å². The summed E-state index contributed by atoms with van der Waals surface area (Å²) < 4.78 is 18.4. The fourth-order valence-corrected chi connectivity index (χ4v) is 2.34. The summed E-state index contributed by atoms with van der Waals surface area (Å²) in [6.07, 6.45) is 0. The molecule has 0 heterocycles. The van der Waals surface area contributed by atoms with E-state index in [1.807, 2.05) is 0 Å². The van der Waals surface area contributed by atoms with Crippen LogP contribution < -0.4 is 0 Å². The van der Waals surface area contributed by atoms with Crippen molar-refractivity contribution in [3.8, 4) is 11.1 Å². The average Bonchev–Trinajstić information content (AvgIpc) is 2.38. The van der Waals surface area contributed by atoms with Gasteiger partial charge in [0.25, 0.3) is 0 Å². The van der Waals surface area contributed by atoms with Crippen molar-refractivity contribution in [2.24, 2.45) is 0 Å². The summed E-state index contributed by atoms with van der Waals surface area (Å²) in [6.45, 7) is 1.94. The maximum Gasteiger partial charge on any atom is 0.338 e. The number of hydrogen-bond donors (Lipinski definition) is 0. The van der Waals surface area contributed by atoms with Crippen molar-refractivity contribution in [1.29, 1.82) is 0 Å². The van der Waals surface area contributed by atoms with Gasteiger partial charge >= 0.3 is 5.97 Å². The zero-order valence-electron chi connectivity index (χ0n) is 10.6. The van der Waals surface area contributed by atoms with E-state index in [9.17, 15) is 9.18 Å². The SMILES string of the molecule is CCOC(=O)c1ccc(F)cc1-c1ccc(Cl)cc1Cl. The minimum atomic E-state index is -0.520. The molecular weight excluding hydrogens is 302 g/mol. The van der Waals surface area contributed by atoms with Crippen molar-refractivity contribution in [2.45, 2.75) is 6.92 Å². The molecule has 0 aromatic heterocycles. The van der Waals surface area contributed by atoms with Crippen LogP contribution in [0, 0.1) is 5.82 Å². The van der Waals surface area contributed by atoms with Gasteiger partial charge in [0.15, 0.2) is 0 Å². The molecular formula is C15H11Cl2FO2. The van der Waals surface area contributed by atoms with Gasteiger partial charge in [-0.3, -0.25) is 0 Å². The molecule has 0 spiro atoms. The first-order valence-corrected chi connectivity index (χ1v) is 6.70. The molecule has 2 aromatic rings. The molecule has 0 saturated heterocycles. The molecule has 104 valence electrons. The highest BCUT2D eigenvalue weighted by molar-refractivity contribution is 6.36. The van der Waals surface area contributed by atoms with E-state index >= 15 is 0 Å². The summed E-state index contributed by atoms with van der Waals surface area (Å²) in [7, 11) is 0. The number of halogens is 3. The molecule has 0 radical (unpaired) electrons. The van der Waals surface area contributed by atoms with E-state index in [2.05, 4.69) is 0 Å². The summed E-state index contributed by atoms with van der Waals surface area (Å²) in [5, 5.41) is 0.807. The van der Waals surface area contributed by atoms with Crippen LogP contribution in [-0.2, 0) is 4.74 Å². The molecule has 0 aliphatic carbocycles. The summed E-state index contributed by atoms with van der Waals surface area (Å²) in [4.78, 5) is 11.9. The van der Waals surface area contributed by atoms with Gasteiger partial charge in [-0.2, -0.15) is 0 Å². The predicted octanol–water partition coefficient (Wildman–Crippen LogP) is 4.98. The standard InChI is InChI=1S/C15H11Cl2FO2/c1-2-20-15(19)12-6-4-10(18)8-13(12)11-5-3-9(16)7-14(11)17/h3-8H,2H2,1H3. The highest BCUT2D eigenvalue weighted by Crippen LogP contribution is 2.33. The molecule has 0 unspecified atom stereocenters. The van der Waals surface area contributed by atoms with E-state index in [-0.39, 0.29) is 12.2 Å².